The number of rotatable bonds is 4. The molecule has 0 unspecified atom stereocenters. The molecule has 0 atom stereocenters. The third kappa shape index (κ3) is 3.08. The number of aromatic nitrogens is 6. The third-order valence-corrected chi connectivity index (χ3v) is 4.14. The highest BCUT2D eigenvalue weighted by Gasteiger charge is 2.22. The van der Waals surface area contributed by atoms with E-state index in [1.807, 2.05) is 6.92 Å². The van der Waals surface area contributed by atoms with Gasteiger partial charge in [-0.15, -0.1) is 0 Å². The molecular weight excluding hydrogens is 336 g/mol. The van der Waals surface area contributed by atoms with Gasteiger partial charge in [-0.25, -0.2) is 0 Å². The van der Waals surface area contributed by atoms with Gasteiger partial charge in [0, 0.05) is 27.3 Å². The number of hydrogen-bond acceptors (Lipinski definition) is 5. The summed E-state index contributed by atoms with van der Waals surface area (Å²) in [5.41, 5.74) is 3.01. The van der Waals surface area contributed by atoms with E-state index in [0.717, 1.165) is 5.69 Å². The summed E-state index contributed by atoms with van der Waals surface area (Å²) in [5.74, 6) is -0.741. The van der Waals surface area contributed by atoms with Crippen molar-refractivity contribution in [2.75, 3.05) is 10.6 Å². The Morgan fingerprint density at radius 2 is 1.54 bits per heavy atom. The Morgan fingerprint density at radius 1 is 0.923 bits per heavy atom. The first-order valence-corrected chi connectivity index (χ1v) is 7.91. The van der Waals surface area contributed by atoms with Crippen LogP contribution in [0.15, 0.2) is 18.6 Å². The molecule has 0 aromatic carbocycles. The first-order chi connectivity index (χ1) is 12.3. The summed E-state index contributed by atoms with van der Waals surface area (Å²) in [6.07, 6.45) is 4.63. The molecule has 136 valence electrons. The van der Waals surface area contributed by atoms with Gasteiger partial charge in [0.15, 0.2) is 0 Å². The van der Waals surface area contributed by atoms with E-state index in [2.05, 4.69) is 25.9 Å². The van der Waals surface area contributed by atoms with Gasteiger partial charge < -0.3 is 10.6 Å². The molecule has 0 aliphatic heterocycles. The standard InChI is InChI=1S/C16H20N8O2/c1-9-11(8-22(3)21-9)15(25)20-13-7-18-24(5)14(13)16(26)19-12-6-17-23(4)10(12)2/h6-8H,1-5H3,(H,19,26)(H,20,25). The van der Waals surface area contributed by atoms with Crippen molar-refractivity contribution < 1.29 is 9.59 Å². The molecule has 0 aliphatic carbocycles. The van der Waals surface area contributed by atoms with Crippen LogP contribution in [-0.2, 0) is 21.1 Å². The molecule has 0 saturated heterocycles. The fourth-order valence-electron chi connectivity index (χ4n) is 2.61. The Labute approximate surface area is 149 Å². The Balaban J connectivity index is 1.84. The van der Waals surface area contributed by atoms with Gasteiger partial charge in [-0.05, 0) is 13.8 Å². The van der Waals surface area contributed by atoms with E-state index in [0.29, 0.717) is 22.6 Å². The fourth-order valence-corrected chi connectivity index (χ4v) is 2.61. The molecule has 3 heterocycles. The van der Waals surface area contributed by atoms with Crippen LogP contribution in [0.25, 0.3) is 0 Å². The first kappa shape index (κ1) is 17.4. The number of aryl methyl sites for hydroxylation is 4. The molecule has 2 N–H and O–H groups in total. The summed E-state index contributed by atoms with van der Waals surface area (Å²) in [7, 11) is 5.16. The molecule has 0 fully saturated rings. The molecule has 3 rings (SSSR count). The van der Waals surface area contributed by atoms with Gasteiger partial charge in [-0.2, -0.15) is 15.3 Å². The Morgan fingerprint density at radius 3 is 2.12 bits per heavy atom. The van der Waals surface area contributed by atoms with Gasteiger partial charge in [0.2, 0.25) is 0 Å². The van der Waals surface area contributed by atoms with Crippen LogP contribution in [-0.4, -0.2) is 41.2 Å². The smallest absolute Gasteiger partial charge is 0.276 e. The molecule has 3 aromatic rings. The lowest BCUT2D eigenvalue weighted by Crippen LogP contribution is -2.20. The molecule has 0 aliphatic rings. The lowest BCUT2D eigenvalue weighted by atomic mass is 10.2. The lowest BCUT2D eigenvalue weighted by Gasteiger charge is -2.08. The van der Waals surface area contributed by atoms with Gasteiger partial charge >= 0.3 is 0 Å². The van der Waals surface area contributed by atoms with Crippen LogP contribution in [0, 0.1) is 13.8 Å². The number of nitrogens with zero attached hydrogens (tertiary/aromatic N) is 6. The highest BCUT2D eigenvalue weighted by atomic mass is 16.2. The predicted molar refractivity (Wildman–Crippen MR) is 95.0 cm³/mol. The Bertz CT molecular complexity index is 994. The van der Waals surface area contributed by atoms with Crippen LogP contribution in [0.4, 0.5) is 11.4 Å². The van der Waals surface area contributed by atoms with E-state index >= 15 is 0 Å². The van der Waals surface area contributed by atoms with Gasteiger partial charge in [0.25, 0.3) is 11.8 Å². The van der Waals surface area contributed by atoms with E-state index in [1.54, 1.807) is 49.8 Å². The maximum Gasteiger partial charge on any atom is 0.276 e. The second kappa shape index (κ2) is 6.47. The van der Waals surface area contributed by atoms with Crippen LogP contribution in [0.3, 0.4) is 0 Å². The summed E-state index contributed by atoms with van der Waals surface area (Å²) in [4.78, 5) is 25.2. The molecule has 26 heavy (non-hydrogen) atoms. The van der Waals surface area contributed by atoms with E-state index in [-0.39, 0.29) is 17.5 Å². The van der Waals surface area contributed by atoms with Crippen LogP contribution in [0.1, 0.15) is 32.2 Å². The molecule has 10 heteroatoms. The van der Waals surface area contributed by atoms with Gasteiger partial charge in [0.05, 0.1) is 40.7 Å². The van der Waals surface area contributed by atoms with Crippen LogP contribution in [0.2, 0.25) is 0 Å². The van der Waals surface area contributed by atoms with Crippen molar-refractivity contribution in [2.24, 2.45) is 21.1 Å². The van der Waals surface area contributed by atoms with E-state index in [1.165, 1.54) is 10.9 Å². The second-order valence-corrected chi connectivity index (χ2v) is 6.01. The number of hydrogen-bond donors (Lipinski definition) is 2. The number of carbonyl (C=O) groups excluding carboxylic acids is 2. The predicted octanol–water partition coefficient (Wildman–Crippen LogP) is 1.01. The summed E-state index contributed by atoms with van der Waals surface area (Å²) < 4.78 is 4.63. The molecule has 0 radical (unpaired) electrons. The minimum atomic E-state index is -0.390. The average molecular weight is 356 g/mol. The SMILES string of the molecule is Cc1nn(C)cc1C(=O)Nc1cnn(C)c1C(=O)Nc1cnn(C)c1C. The highest BCUT2D eigenvalue weighted by Crippen LogP contribution is 2.19. The van der Waals surface area contributed by atoms with Crippen molar-refractivity contribution in [3.63, 3.8) is 0 Å². The maximum atomic E-state index is 12.7. The normalized spacial score (nSPS) is 10.8. The first-order valence-electron chi connectivity index (χ1n) is 7.91. The number of carbonyl (C=O) groups is 2. The van der Waals surface area contributed by atoms with Gasteiger partial charge in [0.1, 0.15) is 5.69 Å². The molecule has 10 nitrogen and oxygen atoms in total. The topological polar surface area (TPSA) is 112 Å². The summed E-state index contributed by atoms with van der Waals surface area (Å²) in [6, 6.07) is 0. The summed E-state index contributed by atoms with van der Waals surface area (Å²) in [5, 5.41) is 17.9. The minimum Gasteiger partial charge on any atom is -0.318 e. The van der Waals surface area contributed by atoms with E-state index < -0.39 is 0 Å². The van der Waals surface area contributed by atoms with Crippen LogP contribution >= 0.6 is 0 Å². The lowest BCUT2D eigenvalue weighted by molar-refractivity contribution is 0.101. The average Bonchev–Trinajstić information content (AvgIpc) is 3.20. The zero-order valence-corrected chi connectivity index (χ0v) is 15.2. The van der Waals surface area contributed by atoms with Crippen molar-refractivity contribution in [1.29, 1.82) is 0 Å². The molecule has 0 bridgehead atoms. The van der Waals surface area contributed by atoms with Gasteiger partial charge in [-0.3, -0.25) is 23.6 Å². The highest BCUT2D eigenvalue weighted by molar-refractivity contribution is 6.11. The van der Waals surface area contributed by atoms with Crippen molar-refractivity contribution in [2.45, 2.75) is 13.8 Å². The minimum absolute atomic E-state index is 0.239. The molecule has 2 amide bonds. The third-order valence-electron chi connectivity index (χ3n) is 4.14. The maximum absolute atomic E-state index is 12.7. The zero-order chi connectivity index (χ0) is 19.0. The fraction of sp³-hybridized carbons (Fsp3) is 0.312. The molecule has 0 saturated carbocycles. The number of anilines is 2. The quantitative estimate of drug-likeness (QED) is 0.724. The largest absolute Gasteiger partial charge is 0.318 e. The monoisotopic (exact) mass is 356 g/mol. The zero-order valence-electron chi connectivity index (χ0n) is 15.2. The second-order valence-electron chi connectivity index (χ2n) is 6.01. The van der Waals surface area contributed by atoms with E-state index in [4.69, 9.17) is 0 Å². The van der Waals surface area contributed by atoms with Crippen LogP contribution < -0.4 is 10.6 Å². The van der Waals surface area contributed by atoms with E-state index in [9.17, 15) is 9.59 Å². The van der Waals surface area contributed by atoms with Crippen molar-refractivity contribution in [1.82, 2.24) is 29.3 Å². The van der Waals surface area contributed by atoms with Gasteiger partial charge in [-0.1, -0.05) is 0 Å². The van der Waals surface area contributed by atoms with Crippen molar-refractivity contribution >= 4 is 23.2 Å². The molecule has 3 aromatic heterocycles. The molecular formula is C16H20N8O2. The van der Waals surface area contributed by atoms with Crippen molar-refractivity contribution in [3.05, 3.63) is 41.2 Å². The number of amides is 2. The van der Waals surface area contributed by atoms with Crippen LogP contribution in [0.5, 0.6) is 0 Å². The molecule has 0 spiro atoms. The Hall–Kier alpha value is -3.43. The number of nitrogens with one attached hydrogen (secondary N) is 2. The Kier molecular flexibility index (Phi) is 4.33. The summed E-state index contributed by atoms with van der Waals surface area (Å²) >= 11 is 0. The summed E-state index contributed by atoms with van der Waals surface area (Å²) in [6.45, 7) is 3.59. The van der Waals surface area contributed by atoms with Crippen molar-refractivity contribution in [3.8, 4) is 0 Å².